The molecule has 0 atom stereocenters. The van der Waals surface area contributed by atoms with Gasteiger partial charge in [-0.25, -0.2) is 0 Å². The molecule has 2 aromatic carbocycles. The van der Waals surface area contributed by atoms with Crippen LogP contribution in [0.4, 0.5) is 5.69 Å². The van der Waals surface area contributed by atoms with Crippen molar-refractivity contribution in [2.75, 3.05) is 12.4 Å². The van der Waals surface area contributed by atoms with E-state index in [1.807, 2.05) is 43.3 Å². The minimum absolute atomic E-state index is 0.105. The van der Waals surface area contributed by atoms with Crippen LogP contribution >= 0.6 is 22.6 Å². The predicted octanol–water partition coefficient (Wildman–Crippen LogP) is 3.86. The first-order chi connectivity index (χ1) is 9.10. The van der Waals surface area contributed by atoms with Crippen molar-refractivity contribution in [3.8, 4) is 5.75 Å². The van der Waals surface area contributed by atoms with Gasteiger partial charge in [-0.05, 0) is 71.5 Å². The van der Waals surface area contributed by atoms with Crippen molar-refractivity contribution in [1.29, 1.82) is 0 Å². The van der Waals surface area contributed by atoms with E-state index in [4.69, 9.17) is 4.74 Å². The number of carbonyl (C=O) groups is 1. The minimum atomic E-state index is -0.105. The molecule has 2 rings (SSSR count). The van der Waals surface area contributed by atoms with Crippen LogP contribution < -0.4 is 10.1 Å². The first kappa shape index (κ1) is 13.9. The number of benzene rings is 2. The van der Waals surface area contributed by atoms with Crippen LogP contribution in [0.25, 0.3) is 0 Å². The second-order valence-electron chi connectivity index (χ2n) is 4.15. The molecule has 0 saturated carbocycles. The fourth-order valence-corrected chi connectivity index (χ4v) is 2.27. The Morgan fingerprint density at radius 3 is 2.63 bits per heavy atom. The van der Waals surface area contributed by atoms with Crippen molar-refractivity contribution in [3.63, 3.8) is 0 Å². The fourth-order valence-electron chi connectivity index (χ4n) is 1.73. The van der Waals surface area contributed by atoms with Crippen molar-refractivity contribution in [2.45, 2.75) is 6.92 Å². The lowest BCUT2D eigenvalue weighted by atomic mass is 10.1. The Kier molecular flexibility index (Phi) is 4.42. The van der Waals surface area contributed by atoms with Crippen LogP contribution in [0.15, 0.2) is 42.5 Å². The maximum atomic E-state index is 12.1. The lowest BCUT2D eigenvalue weighted by Gasteiger charge is -2.10. The van der Waals surface area contributed by atoms with Gasteiger partial charge in [0, 0.05) is 14.8 Å². The van der Waals surface area contributed by atoms with E-state index in [1.54, 1.807) is 13.2 Å². The summed E-state index contributed by atoms with van der Waals surface area (Å²) < 4.78 is 6.18. The average molecular weight is 367 g/mol. The van der Waals surface area contributed by atoms with Gasteiger partial charge in [0.2, 0.25) is 0 Å². The van der Waals surface area contributed by atoms with E-state index in [0.29, 0.717) is 5.56 Å². The molecule has 98 valence electrons. The molecule has 4 heteroatoms. The quantitative estimate of drug-likeness (QED) is 0.837. The highest BCUT2D eigenvalue weighted by Crippen LogP contribution is 2.21. The molecule has 0 aliphatic heterocycles. The molecule has 1 N–H and O–H groups in total. The van der Waals surface area contributed by atoms with Gasteiger partial charge in [-0.15, -0.1) is 0 Å². The van der Waals surface area contributed by atoms with E-state index in [9.17, 15) is 4.79 Å². The highest BCUT2D eigenvalue weighted by Gasteiger charge is 2.08. The van der Waals surface area contributed by atoms with Gasteiger partial charge >= 0.3 is 0 Å². The number of halogens is 1. The van der Waals surface area contributed by atoms with E-state index in [0.717, 1.165) is 20.6 Å². The summed E-state index contributed by atoms with van der Waals surface area (Å²) in [5, 5.41) is 2.91. The molecule has 0 spiro atoms. The molecule has 19 heavy (non-hydrogen) atoms. The minimum Gasteiger partial charge on any atom is -0.497 e. The van der Waals surface area contributed by atoms with E-state index in [2.05, 4.69) is 27.9 Å². The van der Waals surface area contributed by atoms with Gasteiger partial charge in [-0.1, -0.05) is 6.07 Å². The van der Waals surface area contributed by atoms with Crippen molar-refractivity contribution in [3.05, 3.63) is 57.2 Å². The molecule has 0 radical (unpaired) electrons. The maximum Gasteiger partial charge on any atom is 0.255 e. The Labute approximate surface area is 126 Å². The van der Waals surface area contributed by atoms with E-state index in [1.165, 1.54) is 0 Å². The first-order valence-corrected chi connectivity index (χ1v) is 6.89. The number of nitrogens with one attached hydrogen (secondary N) is 1. The van der Waals surface area contributed by atoms with Gasteiger partial charge in [0.15, 0.2) is 0 Å². The average Bonchev–Trinajstić information content (AvgIpc) is 2.41. The molecule has 0 aliphatic carbocycles. The van der Waals surface area contributed by atoms with Crippen molar-refractivity contribution in [1.82, 2.24) is 0 Å². The maximum absolute atomic E-state index is 12.1. The number of ether oxygens (including phenoxy) is 1. The Balaban J connectivity index is 2.19. The zero-order valence-electron chi connectivity index (χ0n) is 10.7. The predicted molar refractivity (Wildman–Crippen MR) is 84.8 cm³/mol. The van der Waals surface area contributed by atoms with Crippen LogP contribution in [0.2, 0.25) is 0 Å². The van der Waals surface area contributed by atoms with E-state index >= 15 is 0 Å². The second kappa shape index (κ2) is 6.06. The molecule has 3 nitrogen and oxygen atoms in total. The van der Waals surface area contributed by atoms with Gasteiger partial charge in [0.05, 0.1) is 7.11 Å². The molecular weight excluding hydrogens is 353 g/mol. The highest BCUT2D eigenvalue weighted by molar-refractivity contribution is 14.1. The summed E-state index contributed by atoms with van der Waals surface area (Å²) >= 11 is 2.19. The van der Waals surface area contributed by atoms with Crippen LogP contribution in [0.3, 0.4) is 0 Å². The summed E-state index contributed by atoms with van der Waals surface area (Å²) in [5.74, 6) is 0.677. The standard InChI is InChI=1S/C15H14INO2/c1-10-8-13(19-2)6-7-14(10)17-15(18)11-4-3-5-12(16)9-11/h3-9H,1-2H3,(H,17,18). The Bertz CT molecular complexity index is 611. The lowest BCUT2D eigenvalue weighted by molar-refractivity contribution is 0.102. The number of hydrogen-bond donors (Lipinski definition) is 1. The third-order valence-electron chi connectivity index (χ3n) is 2.77. The summed E-state index contributed by atoms with van der Waals surface area (Å²) in [6.45, 7) is 1.94. The van der Waals surface area contributed by atoms with Crippen molar-refractivity contribution >= 4 is 34.2 Å². The Morgan fingerprint density at radius 2 is 2.00 bits per heavy atom. The first-order valence-electron chi connectivity index (χ1n) is 5.81. The topological polar surface area (TPSA) is 38.3 Å². The normalized spacial score (nSPS) is 10.1. The number of carbonyl (C=O) groups excluding carboxylic acids is 1. The van der Waals surface area contributed by atoms with Crippen LogP contribution in [0.1, 0.15) is 15.9 Å². The summed E-state index contributed by atoms with van der Waals surface area (Å²) in [5.41, 5.74) is 2.42. The monoisotopic (exact) mass is 367 g/mol. The van der Waals surface area contributed by atoms with Crippen LogP contribution in [-0.2, 0) is 0 Å². The van der Waals surface area contributed by atoms with Crippen LogP contribution in [0.5, 0.6) is 5.75 Å². The third-order valence-corrected chi connectivity index (χ3v) is 3.44. The van der Waals surface area contributed by atoms with Crippen LogP contribution in [0, 0.1) is 10.5 Å². The lowest BCUT2D eigenvalue weighted by Crippen LogP contribution is -2.12. The largest absolute Gasteiger partial charge is 0.497 e. The van der Waals surface area contributed by atoms with Crippen LogP contribution in [-0.4, -0.2) is 13.0 Å². The molecule has 1 amide bonds. The number of anilines is 1. The van der Waals surface area contributed by atoms with Gasteiger partial charge in [0.25, 0.3) is 5.91 Å². The second-order valence-corrected chi connectivity index (χ2v) is 5.39. The smallest absolute Gasteiger partial charge is 0.255 e. The van der Waals surface area contributed by atoms with Gasteiger partial charge in [-0.2, -0.15) is 0 Å². The molecule has 0 aromatic heterocycles. The number of amides is 1. The molecule has 0 fully saturated rings. The molecule has 0 unspecified atom stereocenters. The number of aryl methyl sites for hydroxylation is 1. The summed E-state index contributed by atoms with van der Waals surface area (Å²) in [6.07, 6.45) is 0. The third kappa shape index (κ3) is 3.47. The fraction of sp³-hybridized carbons (Fsp3) is 0.133. The number of hydrogen-bond acceptors (Lipinski definition) is 2. The molecule has 0 heterocycles. The summed E-state index contributed by atoms with van der Waals surface area (Å²) in [6, 6.07) is 13.1. The van der Waals surface area contributed by atoms with E-state index < -0.39 is 0 Å². The molecule has 0 saturated heterocycles. The van der Waals surface area contributed by atoms with Gasteiger partial charge in [0.1, 0.15) is 5.75 Å². The SMILES string of the molecule is COc1ccc(NC(=O)c2cccc(I)c2)c(C)c1. The molecular formula is C15H14INO2. The zero-order chi connectivity index (χ0) is 13.8. The summed E-state index contributed by atoms with van der Waals surface area (Å²) in [4.78, 5) is 12.1. The molecule has 2 aromatic rings. The van der Waals surface area contributed by atoms with Gasteiger partial charge in [-0.3, -0.25) is 4.79 Å². The van der Waals surface area contributed by atoms with E-state index in [-0.39, 0.29) is 5.91 Å². The highest BCUT2D eigenvalue weighted by atomic mass is 127. The molecule has 0 bridgehead atoms. The summed E-state index contributed by atoms with van der Waals surface area (Å²) in [7, 11) is 1.62. The number of rotatable bonds is 3. The Morgan fingerprint density at radius 1 is 1.21 bits per heavy atom. The van der Waals surface area contributed by atoms with Crippen molar-refractivity contribution < 1.29 is 9.53 Å². The number of methoxy groups -OCH3 is 1. The van der Waals surface area contributed by atoms with Gasteiger partial charge < -0.3 is 10.1 Å². The zero-order valence-corrected chi connectivity index (χ0v) is 12.9. The Hall–Kier alpha value is -1.56. The molecule has 0 aliphatic rings. The van der Waals surface area contributed by atoms with Crippen molar-refractivity contribution in [2.24, 2.45) is 0 Å².